The molecule has 2 rings (SSSR count). The van der Waals surface area contributed by atoms with E-state index >= 15 is 0 Å². The fraction of sp³-hybridized carbons (Fsp3) is 0.524. The van der Waals surface area contributed by atoms with Gasteiger partial charge in [0.25, 0.3) is 0 Å². The second kappa shape index (κ2) is 8.81. The molecule has 1 aromatic carbocycles. The van der Waals surface area contributed by atoms with Crippen LogP contribution in [-0.4, -0.2) is 29.6 Å². The summed E-state index contributed by atoms with van der Waals surface area (Å²) in [5.41, 5.74) is 2.49. The molecule has 1 saturated carbocycles. The Morgan fingerprint density at radius 3 is 2.04 bits per heavy atom. The molecule has 0 N–H and O–H groups in total. The molecule has 1 aliphatic carbocycles. The van der Waals surface area contributed by atoms with Gasteiger partial charge in [-0.25, -0.2) is 0 Å². The summed E-state index contributed by atoms with van der Waals surface area (Å²) in [5.74, 6) is 0.562. The highest BCUT2D eigenvalue weighted by molar-refractivity contribution is 6.05. The molecule has 1 aromatic rings. The first kappa shape index (κ1) is 18.4. The van der Waals surface area contributed by atoms with E-state index in [-0.39, 0.29) is 11.6 Å². The molecule has 130 valence electrons. The monoisotopic (exact) mass is 327 g/mol. The number of benzene rings is 1. The van der Waals surface area contributed by atoms with Crippen molar-refractivity contribution in [3.63, 3.8) is 0 Å². The Kier molecular flexibility index (Phi) is 6.77. The lowest BCUT2D eigenvalue weighted by atomic mass is 9.85. The number of hydrogen-bond acceptors (Lipinski definition) is 3. The van der Waals surface area contributed by atoms with E-state index in [1.165, 1.54) is 44.7 Å². The molecular weight excluding hydrogens is 298 g/mol. The number of hydrogen-bond donors (Lipinski definition) is 0. The predicted molar refractivity (Wildman–Crippen MR) is 98.4 cm³/mol. The first-order chi connectivity index (χ1) is 11.6. The van der Waals surface area contributed by atoms with Crippen LogP contribution in [0.2, 0.25) is 0 Å². The van der Waals surface area contributed by atoms with Gasteiger partial charge in [-0.05, 0) is 39.5 Å². The molecule has 0 aromatic heterocycles. The van der Waals surface area contributed by atoms with Crippen molar-refractivity contribution in [2.75, 3.05) is 13.1 Å². The van der Waals surface area contributed by atoms with Gasteiger partial charge in [-0.3, -0.25) is 9.59 Å². The molecule has 0 aliphatic heterocycles. The van der Waals surface area contributed by atoms with Crippen molar-refractivity contribution in [3.05, 3.63) is 47.2 Å². The van der Waals surface area contributed by atoms with E-state index in [0.717, 1.165) is 13.1 Å². The van der Waals surface area contributed by atoms with Gasteiger partial charge in [0.2, 0.25) is 0 Å². The van der Waals surface area contributed by atoms with Crippen molar-refractivity contribution in [1.29, 1.82) is 0 Å². The zero-order chi connectivity index (χ0) is 17.5. The number of carbonyl (C=O) groups excluding carboxylic acids is 2. The van der Waals surface area contributed by atoms with Crippen LogP contribution in [0, 0.1) is 5.92 Å². The smallest absolute Gasteiger partial charge is 0.187 e. The van der Waals surface area contributed by atoms with Crippen molar-refractivity contribution in [3.8, 4) is 0 Å². The number of allylic oxidation sites excluding steroid dienone is 2. The van der Waals surface area contributed by atoms with Gasteiger partial charge in [-0.1, -0.05) is 43.5 Å². The molecule has 0 spiro atoms. The minimum atomic E-state index is 0.0237. The number of Topliss-reactive ketones (excluding diaryl/α,β-unsaturated/α-hetero) is 1. The van der Waals surface area contributed by atoms with Crippen LogP contribution in [0.1, 0.15) is 73.6 Å². The molecule has 0 bridgehead atoms. The van der Waals surface area contributed by atoms with Crippen LogP contribution in [0.3, 0.4) is 0 Å². The van der Waals surface area contributed by atoms with Crippen LogP contribution in [0.4, 0.5) is 0 Å². The summed E-state index contributed by atoms with van der Waals surface area (Å²) in [5, 5.41) is 0. The van der Waals surface area contributed by atoms with E-state index in [2.05, 4.69) is 18.7 Å². The third kappa shape index (κ3) is 4.56. The van der Waals surface area contributed by atoms with Crippen LogP contribution >= 0.6 is 0 Å². The zero-order valence-corrected chi connectivity index (χ0v) is 15.2. The first-order valence-corrected chi connectivity index (χ1v) is 9.18. The molecule has 0 amide bonds. The van der Waals surface area contributed by atoms with E-state index in [1.54, 1.807) is 24.3 Å². The molecule has 3 heteroatoms. The summed E-state index contributed by atoms with van der Waals surface area (Å²) < 4.78 is 0. The Morgan fingerprint density at radius 2 is 1.54 bits per heavy atom. The van der Waals surface area contributed by atoms with Gasteiger partial charge >= 0.3 is 0 Å². The molecule has 0 heterocycles. The summed E-state index contributed by atoms with van der Waals surface area (Å²) in [7, 11) is 0. The number of rotatable bonds is 7. The Labute approximate surface area is 145 Å². The maximum absolute atomic E-state index is 12.7. The maximum atomic E-state index is 12.7. The molecule has 0 saturated heterocycles. The van der Waals surface area contributed by atoms with Crippen molar-refractivity contribution < 1.29 is 9.59 Å². The van der Waals surface area contributed by atoms with Crippen LogP contribution in [-0.2, 0) is 0 Å². The Balaban J connectivity index is 2.26. The molecule has 0 atom stereocenters. The minimum Gasteiger partial charge on any atom is -0.375 e. The Bertz CT molecular complexity index is 591. The van der Waals surface area contributed by atoms with Crippen LogP contribution in [0.5, 0.6) is 0 Å². The van der Waals surface area contributed by atoms with Gasteiger partial charge in [0.05, 0.1) is 0 Å². The normalized spacial score (nSPS) is 16.0. The van der Waals surface area contributed by atoms with Gasteiger partial charge in [0.15, 0.2) is 11.6 Å². The van der Waals surface area contributed by atoms with E-state index < -0.39 is 0 Å². The molecule has 0 unspecified atom stereocenters. The predicted octanol–water partition coefficient (Wildman–Crippen LogP) is 4.88. The van der Waals surface area contributed by atoms with Gasteiger partial charge in [0.1, 0.15) is 0 Å². The topological polar surface area (TPSA) is 37.4 Å². The SMILES string of the molecule is CCN(CC)/C(=C\C(=O)c1ccc(C(C)=O)cc1)C1CCCCC1. The van der Waals surface area contributed by atoms with Crippen LogP contribution in [0.15, 0.2) is 36.0 Å². The lowest BCUT2D eigenvalue weighted by Gasteiger charge is -2.33. The van der Waals surface area contributed by atoms with E-state index in [0.29, 0.717) is 17.0 Å². The first-order valence-electron chi connectivity index (χ1n) is 9.18. The van der Waals surface area contributed by atoms with Crippen LogP contribution in [0.25, 0.3) is 0 Å². The molecule has 1 fully saturated rings. The highest BCUT2D eigenvalue weighted by Crippen LogP contribution is 2.31. The summed E-state index contributed by atoms with van der Waals surface area (Å²) in [6, 6.07) is 6.99. The standard InChI is InChI=1S/C21H29NO2/c1-4-22(5-2)20(18-9-7-6-8-10-18)15-21(24)19-13-11-17(12-14-19)16(3)23/h11-15,18H,4-10H2,1-3H3/b20-15-. The van der Waals surface area contributed by atoms with E-state index in [4.69, 9.17) is 0 Å². The maximum Gasteiger partial charge on any atom is 0.187 e. The fourth-order valence-corrected chi connectivity index (χ4v) is 3.54. The van der Waals surface area contributed by atoms with Crippen molar-refractivity contribution in [1.82, 2.24) is 4.90 Å². The molecule has 3 nitrogen and oxygen atoms in total. The summed E-state index contributed by atoms with van der Waals surface area (Å²) in [6.07, 6.45) is 8.02. The molecule has 0 radical (unpaired) electrons. The third-order valence-corrected chi connectivity index (χ3v) is 5.01. The average Bonchev–Trinajstić information content (AvgIpc) is 2.62. The lowest BCUT2D eigenvalue weighted by molar-refractivity contribution is 0.101. The van der Waals surface area contributed by atoms with Crippen molar-refractivity contribution in [2.45, 2.75) is 52.9 Å². The largest absolute Gasteiger partial charge is 0.375 e. The molecule has 24 heavy (non-hydrogen) atoms. The van der Waals surface area contributed by atoms with E-state index in [9.17, 15) is 9.59 Å². The van der Waals surface area contributed by atoms with Crippen molar-refractivity contribution in [2.24, 2.45) is 5.92 Å². The summed E-state index contributed by atoms with van der Waals surface area (Å²) >= 11 is 0. The average molecular weight is 327 g/mol. The third-order valence-electron chi connectivity index (χ3n) is 5.01. The Morgan fingerprint density at radius 1 is 1.00 bits per heavy atom. The van der Waals surface area contributed by atoms with Gasteiger partial charge < -0.3 is 4.90 Å². The zero-order valence-electron chi connectivity index (χ0n) is 15.2. The van der Waals surface area contributed by atoms with E-state index in [1.807, 2.05) is 6.08 Å². The quantitative estimate of drug-likeness (QED) is 0.529. The number of carbonyl (C=O) groups is 2. The fourth-order valence-electron chi connectivity index (χ4n) is 3.54. The van der Waals surface area contributed by atoms with Gasteiger partial charge in [-0.15, -0.1) is 0 Å². The molecular formula is C21H29NO2. The summed E-state index contributed by atoms with van der Waals surface area (Å²) in [6.45, 7) is 7.68. The Hall–Kier alpha value is -1.90. The second-order valence-electron chi connectivity index (χ2n) is 6.57. The van der Waals surface area contributed by atoms with Gasteiger partial charge in [-0.2, -0.15) is 0 Å². The molecule has 1 aliphatic rings. The summed E-state index contributed by atoms with van der Waals surface area (Å²) in [4.78, 5) is 26.4. The highest BCUT2D eigenvalue weighted by atomic mass is 16.1. The number of nitrogens with zero attached hydrogens (tertiary/aromatic N) is 1. The second-order valence-corrected chi connectivity index (χ2v) is 6.57. The van der Waals surface area contributed by atoms with Crippen molar-refractivity contribution >= 4 is 11.6 Å². The van der Waals surface area contributed by atoms with Gasteiger partial charge in [0, 0.05) is 36.0 Å². The minimum absolute atomic E-state index is 0.0237. The lowest BCUT2D eigenvalue weighted by Crippen LogP contribution is -2.29. The van der Waals surface area contributed by atoms with Crippen LogP contribution < -0.4 is 0 Å². The number of ketones is 2. The highest BCUT2D eigenvalue weighted by Gasteiger charge is 2.22.